The molecule has 0 spiro atoms. The molecule has 1 amide bonds. The molecule has 128 valence electrons. The van der Waals surface area contributed by atoms with Gasteiger partial charge in [0, 0.05) is 36.4 Å². The molecule has 2 heterocycles. The van der Waals surface area contributed by atoms with Crippen molar-refractivity contribution in [3.05, 3.63) is 36.3 Å². The van der Waals surface area contributed by atoms with E-state index in [2.05, 4.69) is 10.3 Å². The van der Waals surface area contributed by atoms with Gasteiger partial charge in [0.2, 0.25) is 0 Å². The largest absolute Gasteiger partial charge is 0.444 e. The highest BCUT2D eigenvalue weighted by molar-refractivity contribution is 5.91. The molecule has 1 aliphatic rings. The minimum absolute atomic E-state index is 0.103. The van der Waals surface area contributed by atoms with Gasteiger partial charge in [0.15, 0.2) is 0 Å². The lowest BCUT2D eigenvalue weighted by atomic mass is 10.1. The Morgan fingerprint density at radius 1 is 1.38 bits per heavy atom. The molecule has 1 aromatic heterocycles. The second kappa shape index (κ2) is 6.26. The fourth-order valence-corrected chi connectivity index (χ4v) is 2.85. The molecule has 0 radical (unpaired) electrons. The molecule has 1 aliphatic heterocycles. The van der Waals surface area contributed by atoms with Gasteiger partial charge in [0.25, 0.3) is 0 Å². The van der Waals surface area contributed by atoms with Crippen molar-refractivity contribution >= 4 is 22.7 Å². The van der Waals surface area contributed by atoms with Crippen molar-refractivity contribution in [1.82, 2.24) is 9.88 Å². The number of hydrogen-bond acceptors (Lipinski definition) is 4. The van der Waals surface area contributed by atoms with Crippen LogP contribution in [0.5, 0.6) is 0 Å². The normalized spacial score (nSPS) is 18.0. The van der Waals surface area contributed by atoms with Crippen LogP contribution < -0.4 is 5.32 Å². The van der Waals surface area contributed by atoms with Crippen LogP contribution in [0.25, 0.3) is 10.9 Å². The standard InChI is InChI=1S/C18H22FN3O2/c1-18(2,3)24-17(23)22-10-8-12(11-22)21-15-7-6-14(19)16-13(15)5-4-9-20-16/h4-7,9,12,21H,8,10-11H2,1-3H3/t12-/m1/s1. The molecule has 1 aromatic carbocycles. The molecular formula is C18H22FN3O2. The minimum Gasteiger partial charge on any atom is -0.444 e. The maximum atomic E-state index is 13.8. The third kappa shape index (κ3) is 3.58. The molecule has 1 fully saturated rings. The highest BCUT2D eigenvalue weighted by Crippen LogP contribution is 2.26. The monoisotopic (exact) mass is 331 g/mol. The van der Waals surface area contributed by atoms with Crippen LogP contribution in [0.2, 0.25) is 0 Å². The summed E-state index contributed by atoms with van der Waals surface area (Å²) in [6.07, 6.45) is 2.10. The third-order valence-corrected chi connectivity index (χ3v) is 3.92. The van der Waals surface area contributed by atoms with Gasteiger partial charge in [0.05, 0.1) is 0 Å². The van der Waals surface area contributed by atoms with Gasteiger partial charge in [-0.15, -0.1) is 0 Å². The van der Waals surface area contributed by atoms with Crippen molar-refractivity contribution in [3.8, 4) is 0 Å². The van der Waals surface area contributed by atoms with E-state index in [1.807, 2.05) is 26.8 Å². The van der Waals surface area contributed by atoms with Crippen LogP contribution >= 0.6 is 0 Å². The lowest BCUT2D eigenvalue weighted by Gasteiger charge is -2.24. The van der Waals surface area contributed by atoms with Gasteiger partial charge in [0.1, 0.15) is 16.9 Å². The maximum Gasteiger partial charge on any atom is 0.410 e. The van der Waals surface area contributed by atoms with Crippen LogP contribution in [0.3, 0.4) is 0 Å². The zero-order valence-corrected chi connectivity index (χ0v) is 14.2. The molecule has 0 aliphatic carbocycles. The van der Waals surface area contributed by atoms with E-state index in [9.17, 15) is 9.18 Å². The first kappa shape index (κ1) is 16.5. The maximum absolute atomic E-state index is 13.8. The number of nitrogens with one attached hydrogen (secondary N) is 1. The quantitative estimate of drug-likeness (QED) is 0.909. The number of halogens is 1. The first-order valence-electron chi connectivity index (χ1n) is 8.11. The summed E-state index contributed by atoms with van der Waals surface area (Å²) in [4.78, 5) is 17.9. The highest BCUT2D eigenvalue weighted by atomic mass is 19.1. The van der Waals surface area contributed by atoms with Crippen LogP contribution in [0.1, 0.15) is 27.2 Å². The second-order valence-electron chi connectivity index (χ2n) is 7.05. The Morgan fingerprint density at radius 2 is 2.17 bits per heavy atom. The van der Waals surface area contributed by atoms with Gasteiger partial charge in [-0.25, -0.2) is 9.18 Å². The molecule has 1 atom stereocenters. The van der Waals surface area contributed by atoms with E-state index in [-0.39, 0.29) is 18.0 Å². The van der Waals surface area contributed by atoms with E-state index in [0.717, 1.165) is 17.5 Å². The lowest BCUT2D eigenvalue weighted by molar-refractivity contribution is 0.0293. The highest BCUT2D eigenvalue weighted by Gasteiger charge is 2.30. The van der Waals surface area contributed by atoms with Crippen LogP contribution in [-0.2, 0) is 4.74 Å². The zero-order chi connectivity index (χ0) is 17.3. The fraction of sp³-hybridized carbons (Fsp3) is 0.444. The van der Waals surface area contributed by atoms with Crippen molar-refractivity contribution in [2.75, 3.05) is 18.4 Å². The fourth-order valence-electron chi connectivity index (χ4n) is 2.85. The van der Waals surface area contributed by atoms with Crippen molar-refractivity contribution in [2.45, 2.75) is 38.8 Å². The number of anilines is 1. The van der Waals surface area contributed by atoms with Crippen LogP contribution in [0.15, 0.2) is 30.5 Å². The number of amides is 1. The Hall–Kier alpha value is -2.37. The number of hydrogen-bond donors (Lipinski definition) is 1. The number of nitrogens with zero attached hydrogens (tertiary/aromatic N) is 2. The summed E-state index contributed by atoms with van der Waals surface area (Å²) in [6, 6.07) is 6.86. The Bertz CT molecular complexity index is 758. The Kier molecular flexibility index (Phi) is 4.30. The van der Waals surface area contributed by atoms with E-state index >= 15 is 0 Å². The summed E-state index contributed by atoms with van der Waals surface area (Å²) in [5.41, 5.74) is 0.682. The van der Waals surface area contributed by atoms with E-state index in [1.54, 1.807) is 23.2 Å². The van der Waals surface area contributed by atoms with Gasteiger partial charge in [-0.2, -0.15) is 0 Å². The van der Waals surface area contributed by atoms with E-state index in [4.69, 9.17) is 4.74 Å². The first-order chi connectivity index (χ1) is 11.3. The molecule has 0 saturated carbocycles. The van der Waals surface area contributed by atoms with E-state index < -0.39 is 5.60 Å². The molecule has 1 saturated heterocycles. The van der Waals surface area contributed by atoms with Gasteiger partial charge in [-0.1, -0.05) is 0 Å². The van der Waals surface area contributed by atoms with Crippen LogP contribution in [-0.4, -0.2) is 40.7 Å². The number of aromatic nitrogens is 1. The second-order valence-corrected chi connectivity index (χ2v) is 7.05. The number of fused-ring (bicyclic) bond motifs is 1. The zero-order valence-electron chi connectivity index (χ0n) is 14.2. The summed E-state index contributed by atoms with van der Waals surface area (Å²) in [7, 11) is 0. The molecule has 24 heavy (non-hydrogen) atoms. The van der Waals surface area contributed by atoms with Crippen molar-refractivity contribution in [3.63, 3.8) is 0 Å². The number of ether oxygens (including phenoxy) is 1. The van der Waals surface area contributed by atoms with Crippen molar-refractivity contribution in [1.29, 1.82) is 0 Å². The number of likely N-dealkylation sites (tertiary alicyclic amines) is 1. The lowest BCUT2D eigenvalue weighted by Crippen LogP contribution is -2.36. The molecule has 6 heteroatoms. The Labute approximate surface area is 140 Å². The minimum atomic E-state index is -0.499. The SMILES string of the molecule is CC(C)(C)OC(=O)N1CC[C@@H](Nc2ccc(F)c3ncccc23)C1. The first-order valence-corrected chi connectivity index (χ1v) is 8.11. The average molecular weight is 331 g/mol. The van der Waals surface area contributed by atoms with E-state index in [0.29, 0.717) is 18.6 Å². The van der Waals surface area contributed by atoms with E-state index in [1.165, 1.54) is 6.07 Å². The number of pyridine rings is 1. The van der Waals surface area contributed by atoms with Crippen LogP contribution in [0.4, 0.5) is 14.9 Å². The van der Waals surface area contributed by atoms with Crippen LogP contribution in [0, 0.1) is 5.82 Å². The summed E-state index contributed by atoms with van der Waals surface area (Å²) < 4.78 is 19.3. The third-order valence-electron chi connectivity index (χ3n) is 3.92. The summed E-state index contributed by atoms with van der Waals surface area (Å²) in [5, 5.41) is 4.15. The molecule has 2 aromatic rings. The molecule has 3 rings (SSSR count). The molecule has 0 bridgehead atoms. The summed E-state index contributed by atoms with van der Waals surface area (Å²) >= 11 is 0. The van der Waals surface area contributed by atoms with Gasteiger partial charge in [-0.3, -0.25) is 4.98 Å². The molecule has 0 unspecified atom stereocenters. The number of carbonyl (C=O) groups is 1. The predicted octanol–water partition coefficient (Wildman–Crippen LogP) is 3.80. The molecule has 1 N–H and O–H groups in total. The number of carbonyl (C=O) groups excluding carboxylic acids is 1. The summed E-state index contributed by atoms with van der Waals surface area (Å²) in [5.74, 6) is -0.335. The smallest absolute Gasteiger partial charge is 0.410 e. The molecular weight excluding hydrogens is 309 g/mol. The number of benzene rings is 1. The van der Waals surface area contributed by atoms with Gasteiger partial charge < -0.3 is 15.0 Å². The molecule has 5 nitrogen and oxygen atoms in total. The predicted molar refractivity (Wildman–Crippen MR) is 91.5 cm³/mol. The van der Waals surface area contributed by atoms with Gasteiger partial charge in [-0.05, 0) is 51.5 Å². The average Bonchev–Trinajstić information content (AvgIpc) is 2.98. The van der Waals surface area contributed by atoms with Gasteiger partial charge >= 0.3 is 6.09 Å². The topological polar surface area (TPSA) is 54.5 Å². The Balaban J connectivity index is 1.70. The Morgan fingerprint density at radius 3 is 2.92 bits per heavy atom. The summed E-state index contributed by atoms with van der Waals surface area (Å²) in [6.45, 7) is 6.77. The van der Waals surface area contributed by atoms with Crippen molar-refractivity contribution in [2.24, 2.45) is 0 Å². The number of rotatable bonds is 2. The van der Waals surface area contributed by atoms with Crippen molar-refractivity contribution < 1.29 is 13.9 Å².